The molecule has 0 bridgehead atoms. The monoisotopic (exact) mass is 350 g/mol. The lowest BCUT2D eigenvalue weighted by Crippen LogP contribution is -2.12. The van der Waals surface area contributed by atoms with Crippen molar-refractivity contribution in [3.8, 4) is 5.82 Å². The third kappa shape index (κ3) is 3.53. The molecule has 0 fully saturated rings. The molecule has 124 valence electrons. The van der Waals surface area contributed by atoms with Crippen LogP contribution in [0.1, 0.15) is 11.4 Å². The standard InChI is InChI=1S/C17H14N6OS/c24-16(7-8-17-22-13-3-1-2-4-14(13)25-17)21-12-5-6-15(19-9-12)23-11-18-10-20-23/h1-6,9-11H,7-8H2,(H,21,24). The molecule has 0 aliphatic carbocycles. The fourth-order valence-electron chi connectivity index (χ4n) is 2.39. The third-order valence-corrected chi connectivity index (χ3v) is 4.69. The zero-order chi connectivity index (χ0) is 17.1. The minimum Gasteiger partial charge on any atom is -0.325 e. The molecule has 3 heterocycles. The molecule has 0 aliphatic heterocycles. The Morgan fingerprint density at radius 2 is 2.12 bits per heavy atom. The zero-order valence-electron chi connectivity index (χ0n) is 13.2. The Bertz CT molecular complexity index is 961. The topological polar surface area (TPSA) is 85.6 Å². The van der Waals surface area contributed by atoms with Crippen LogP contribution in [0.2, 0.25) is 0 Å². The first kappa shape index (κ1) is 15.4. The average molecular weight is 350 g/mol. The van der Waals surface area contributed by atoms with Crippen LogP contribution in [0.5, 0.6) is 0 Å². The van der Waals surface area contributed by atoms with Gasteiger partial charge >= 0.3 is 0 Å². The largest absolute Gasteiger partial charge is 0.325 e. The number of rotatable bonds is 5. The van der Waals surface area contributed by atoms with Crippen molar-refractivity contribution < 1.29 is 4.79 Å². The second-order valence-electron chi connectivity index (χ2n) is 5.37. The van der Waals surface area contributed by atoms with E-state index in [-0.39, 0.29) is 5.91 Å². The van der Waals surface area contributed by atoms with Crippen LogP contribution < -0.4 is 5.32 Å². The Balaban J connectivity index is 1.35. The summed E-state index contributed by atoms with van der Waals surface area (Å²) in [5, 5.41) is 7.83. The molecule has 0 saturated carbocycles. The number of aromatic nitrogens is 5. The second kappa shape index (κ2) is 6.78. The molecular formula is C17H14N6OS. The fourth-order valence-corrected chi connectivity index (χ4v) is 3.36. The van der Waals surface area contributed by atoms with Crippen LogP contribution in [0.3, 0.4) is 0 Å². The number of carbonyl (C=O) groups is 1. The van der Waals surface area contributed by atoms with E-state index >= 15 is 0 Å². The van der Waals surface area contributed by atoms with E-state index in [0.29, 0.717) is 24.3 Å². The predicted octanol–water partition coefficient (Wildman–Crippen LogP) is 2.84. The van der Waals surface area contributed by atoms with Crippen molar-refractivity contribution in [3.05, 3.63) is 60.3 Å². The van der Waals surface area contributed by atoms with Crippen molar-refractivity contribution in [1.82, 2.24) is 24.7 Å². The van der Waals surface area contributed by atoms with Crippen molar-refractivity contribution in [2.45, 2.75) is 12.8 Å². The number of pyridine rings is 1. The van der Waals surface area contributed by atoms with Gasteiger partial charge in [-0.1, -0.05) is 12.1 Å². The number of benzene rings is 1. The Morgan fingerprint density at radius 3 is 2.88 bits per heavy atom. The number of nitrogens with zero attached hydrogens (tertiary/aromatic N) is 5. The fraction of sp³-hybridized carbons (Fsp3) is 0.118. The Kier molecular flexibility index (Phi) is 4.17. The predicted molar refractivity (Wildman–Crippen MR) is 95.7 cm³/mol. The van der Waals surface area contributed by atoms with E-state index in [2.05, 4.69) is 25.4 Å². The van der Waals surface area contributed by atoms with Gasteiger partial charge in [0.2, 0.25) is 5.91 Å². The minimum absolute atomic E-state index is 0.0606. The zero-order valence-corrected chi connectivity index (χ0v) is 14.0. The summed E-state index contributed by atoms with van der Waals surface area (Å²) in [5.74, 6) is 0.583. The molecule has 25 heavy (non-hydrogen) atoms. The van der Waals surface area contributed by atoms with Gasteiger partial charge in [-0.2, -0.15) is 5.10 Å². The van der Waals surface area contributed by atoms with Gasteiger partial charge in [-0.05, 0) is 24.3 Å². The van der Waals surface area contributed by atoms with E-state index in [1.165, 1.54) is 6.33 Å². The lowest BCUT2D eigenvalue weighted by atomic mass is 10.3. The highest BCUT2D eigenvalue weighted by molar-refractivity contribution is 7.18. The van der Waals surface area contributed by atoms with Crippen LogP contribution >= 0.6 is 11.3 Å². The average Bonchev–Trinajstić information content (AvgIpc) is 3.30. The number of thiazole rings is 1. The van der Waals surface area contributed by atoms with Gasteiger partial charge in [-0.25, -0.2) is 19.6 Å². The Hall–Kier alpha value is -3.13. The normalized spacial score (nSPS) is 10.9. The highest BCUT2D eigenvalue weighted by atomic mass is 32.1. The van der Waals surface area contributed by atoms with E-state index in [4.69, 9.17) is 0 Å². The number of hydrogen-bond acceptors (Lipinski definition) is 6. The molecule has 7 nitrogen and oxygen atoms in total. The van der Waals surface area contributed by atoms with E-state index in [0.717, 1.165) is 15.2 Å². The van der Waals surface area contributed by atoms with Gasteiger partial charge in [0.15, 0.2) is 5.82 Å². The molecule has 0 aliphatic rings. The summed E-state index contributed by atoms with van der Waals surface area (Å²) in [7, 11) is 0. The van der Waals surface area contributed by atoms with Gasteiger partial charge in [0.05, 0.1) is 27.1 Å². The maximum absolute atomic E-state index is 12.1. The van der Waals surface area contributed by atoms with Gasteiger partial charge in [-0.3, -0.25) is 4.79 Å². The molecule has 0 atom stereocenters. The number of fused-ring (bicyclic) bond motifs is 1. The molecule has 0 radical (unpaired) electrons. The lowest BCUT2D eigenvalue weighted by Gasteiger charge is -2.05. The maximum Gasteiger partial charge on any atom is 0.224 e. The number of aryl methyl sites for hydroxylation is 1. The van der Waals surface area contributed by atoms with Crippen LogP contribution in [0.25, 0.3) is 16.0 Å². The number of carbonyl (C=O) groups excluding carboxylic acids is 1. The summed E-state index contributed by atoms with van der Waals surface area (Å²) >= 11 is 1.63. The first-order valence-corrected chi connectivity index (χ1v) is 8.55. The molecule has 1 aromatic carbocycles. The first-order chi connectivity index (χ1) is 12.3. The van der Waals surface area contributed by atoms with Gasteiger partial charge in [0, 0.05) is 12.8 Å². The minimum atomic E-state index is -0.0606. The highest BCUT2D eigenvalue weighted by Crippen LogP contribution is 2.22. The third-order valence-electron chi connectivity index (χ3n) is 3.59. The number of para-hydroxylation sites is 1. The first-order valence-electron chi connectivity index (χ1n) is 7.73. The number of anilines is 1. The Morgan fingerprint density at radius 1 is 1.20 bits per heavy atom. The molecule has 0 saturated heterocycles. The van der Waals surface area contributed by atoms with Crippen molar-refractivity contribution in [3.63, 3.8) is 0 Å². The molecular weight excluding hydrogens is 336 g/mol. The van der Waals surface area contributed by atoms with Gasteiger partial charge < -0.3 is 5.32 Å². The summed E-state index contributed by atoms with van der Waals surface area (Å²) < 4.78 is 2.70. The van der Waals surface area contributed by atoms with Gasteiger partial charge in [0.1, 0.15) is 12.7 Å². The van der Waals surface area contributed by atoms with Crippen LogP contribution in [-0.4, -0.2) is 30.6 Å². The van der Waals surface area contributed by atoms with Crippen LogP contribution in [0, 0.1) is 0 Å². The molecule has 1 amide bonds. The molecule has 4 aromatic rings. The molecule has 3 aromatic heterocycles. The molecule has 0 unspecified atom stereocenters. The smallest absolute Gasteiger partial charge is 0.224 e. The number of amides is 1. The van der Waals surface area contributed by atoms with Crippen molar-refractivity contribution >= 4 is 33.1 Å². The van der Waals surface area contributed by atoms with Crippen molar-refractivity contribution in [1.29, 1.82) is 0 Å². The van der Waals surface area contributed by atoms with Crippen molar-refractivity contribution in [2.75, 3.05) is 5.32 Å². The summed E-state index contributed by atoms with van der Waals surface area (Å²) in [6.45, 7) is 0. The van der Waals surface area contributed by atoms with E-state index in [9.17, 15) is 4.79 Å². The summed E-state index contributed by atoms with van der Waals surface area (Å²) in [5.41, 5.74) is 1.63. The quantitative estimate of drug-likeness (QED) is 0.598. The summed E-state index contributed by atoms with van der Waals surface area (Å²) in [6.07, 6.45) is 5.62. The molecule has 4 rings (SSSR count). The summed E-state index contributed by atoms with van der Waals surface area (Å²) in [6, 6.07) is 11.6. The SMILES string of the molecule is O=C(CCc1nc2ccccc2s1)Nc1ccc(-n2cncn2)nc1. The van der Waals surface area contributed by atoms with E-state index in [1.807, 2.05) is 24.3 Å². The number of hydrogen-bond donors (Lipinski definition) is 1. The highest BCUT2D eigenvalue weighted by Gasteiger charge is 2.08. The second-order valence-corrected chi connectivity index (χ2v) is 6.48. The van der Waals surface area contributed by atoms with Crippen molar-refractivity contribution in [2.24, 2.45) is 0 Å². The van der Waals surface area contributed by atoms with E-state index < -0.39 is 0 Å². The molecule has 1 N–H and O–H groups in total. The summed E-state index contributed by atoms with van der Waals surface area (Å²) in [4.78, 5) is 24.8. The van der Waals surface area contributed by atoms with Crippen LogP contribution in [0.4, 0.5) is 5.69 Å². The van der Waals surface area contributed by atoms with Gasteiger partial charge in [0.25, 0.3) is 0 Å². The molecule has 0 spiro atoms. The maximum atomic E-state index is 12.1. The van der Waals surface area contributed by atoms with Crippen LogP contribution in [0.15, 0.2) is 55.2 Å². The van der Waals surface area contributed by atoms with Gasteiger partial charge in [-0.15, -0.1) is 11.3 Å². The van der Waals surface area contributed by atoms with Crippen LogP contribution in [-0.2, 0) is 11.2 Å². The van der Waals surface area contributed by atoms with E-state index in [1.54, 1.807) is 40.7 Å². The lowest BCUT2D eigenvalue weighted by molar-refractivity contribution is -0.116. The molecule has 8 heteroatoms. The Labute approximate surface area is 147 Å². The number of nitrogens with one attached hydrogen (secondary N) is 1.